The maximum absolute atomic E-state index is 12.7. The van der Waals surface area contributed by atoms with Crippen molar-refractivity contribution in [2.45, 2.75) is 39.7 Å². The lowest BCUT2D eigenvalue weighted by molar-refractivity contribution is 0.101. The first-order chi connectivity index (χ1) is 11.9. The molecule has 0 saturated heterocycles. The Kier molecular flexibility index (Phi) is 4.39. The first kappa shape index (κ1) is 16.9. The highest BCUT2D eigenvalue weighted by Gasteiger charge is 2.22. The van der Waals surface area contributed by atoms with E-state index >= 15 is 0 Å². The van der Waals surface area contributed by atoms with Crippen LogP contribution >= 0.6 is 0 Å². The summed E-state index contributed by atoms with van der Waals surface area (Å²) in [6, 6.07) is 9.08. The molecule has 0 bridgehead atoms. The summed E-state index contributed by atoms with van der Waals surface area (Å²) in [4.78, 5) is 17.1. The molecule has 0 atom stereocenters. The monoisotopic (exact) mass is 338 g/mol. The number of aromatic nitrogens is 5. The molecule has 0 unspecified atom stereocenters. The third-order valence-electron chi connectivity index (χ3n) is 3.80. The van der Waals surface area contributed by atoms with Crippen molar-refractivity contribution in [2.24, 2.45) is 0 Å². The van der Waals surface area contributed by atoms with Crippen molar-refractivity contribution in [2.75, 3.05) is 5.32 Å². The highest BCUT2D eigenvalue weighted by Crippen LogP contribution is 2.22. The highest BCUT2D eigenvalue weighted by molar-refractivity contribution is 6.02. The van der Waals surface area contributed by atoms with Gasteiger partial charge in [0.25, 0.3) is 5.91 Å². The van der Waals surface area contributed by atoms with Gasteiger partial charge in [-0.1, -0.05) is 26.8 Å². The van der Waals surface area contributed by atoms with Crippen LogP contribution in [0.1, 0.15) is 43.9 Å². The number of pyridine rings is 1. The van der Waals surface area contributed by atoms with Crippen LogP contribution in [0.25, 0.3) is 5.82 Å². The van der Waals surface area contributed by atoms with Crippen molar-refractivity contribution < 1.29 is 4.79 Å². The molecule has 0 aliphatic rings. The van der Waals surface area contributed by atoms with Crippen LogP contribution in [0.2, 0.25) is 0 Å². The van der Waals surface area contributed by atoms with Crippen molar-refractivity contribution in [3.8, 4) is 5.82 Å². The first-order valence-electron chi connectivity index (χ1n) is 8.25. The minimum atomic E-state index is -0.227. The van der Waals surface area contributed by atoms with Crippen LogP contribution in [0.15, 0.2) is 42.7 Å². The van der Waals surface area contributed by atoms with Crippen molar-refractivity contribution in [1.82, 2.24) is 24.5 Å². The molecule has 0 aliphatic heterocycles. The van der Waals surface area contributed by atoms with Gasteiger partial charge in [0.05, 0.1) is 5.69 Å². The zero-order chi connectivity index (χ0) is 18.0. The normalized spacial score (nSPS) is 11.5. The molecule has 25 heavy (non-hydrogen) atoms. The van der Waals surface area contributed by atoms with Crippen LogP contribution in [-0.4, -0.2) is 30.5 Å². The van der Waals surface area contributed by atoms with E-state index in [0.29, 0.717) is 23.9 Å². The largest absolute Gasteiger partial charge is 0.305 e. The van der Waals surface area contributed by atoms with E-state index < -0.39 is 0 Å². The van der Waals surface area contributed by atoms with Gasteiger partial charge in [0.15, 0.2) is 5.82 Å². The standard InChI is InChI=1S/C18H22N6O/c1-5-23-13(12-14(22-23)18(2,3)4)17(25)21-15-8-6-9-16(20-15)24-11-7-10-19-24/h6-12H,5H2,1-4H3,(H,20,21,25). The fourth-order valence-electron chi connectivity index (χ4n) is 2.41. The fourth-order valence-corrected chi connectivity index (χ4v) is 2.41. The molecular weight excluding hydrogens is 316 g/mol. The molecule has 3 rings (SSSR count). The number of carbonyl (C=O) groups is 1. The topological polar surface area (TPSA) is 77.6 Å². The molecule has 3 aromatic rings. The van der Waals surface area contributed by atoms with Crippen molar-refractivity contribution in [3.05, 3.63) is 54.1 Å². The number of nitrogens with one attached hydrogen (secondary N) is 1. The molecule has 0 aromatic carbocycles. The van der Waals surface area contributed by atoms with Crippen molar-refractivity contribution in [1.29, 1.82) is 0 Å². The maximum Gasteiger partial charge on any atom is 0.275 e. The number of rotatable bonds is 4. The average Bonchev–Trinajstić information content (AvgIpc) is 3.24. The molecule has 0 radical (unpaired) electrons. The smallest absolute Gasteiger partial charge is 0.275 e. The van der Waals surface area contributed by atoms with E-state index in [1.807, 2.05) is 31.2 Å². The molecule has 3 heterocycles. The second kappa shape index (κ2) is 6.51. The predicted molar refractivity (Wildman–Crippen MR) is 95.9 cm³/mol. The Labute approximate surface area is 146 Å². The van der Waals surface area contributed by atoms with Crippen LogP contribution < -0.4 is 5.32 Å². The van der Waals surface area contributed by atoms with Gasteiger partial charge in [-0.05, 0) is 31.2 Å². The highest BCUT2D eigenvalue weighted by atomic mass is 16.2. The minimum Gasteiger partial charge on any atom is -0.305 e. The van der Waals surface area contributed by atoms with E-state index in [-0.39, 0.29) is 11.3 Å². The number of hydrogen-bond acceptors (Lipinski definition) is 4. The quantitative estimate of drug-likeness (QED) is 0.793. The lowest BCUT2D eigenvalue weighted by Gasteiger charge is -2.13. The van der Waals surface area contributed by atoms with E-state index in [9.17, 15) is 4.79 Å². The maximum atomic E-state index is 12.7. The summed E-state index contributed by atoms with van der Waals surface area (Å²) in [6.07, 6.45) is 3.48. The number of hydrogen-bond donors (Lipinski definition) is 1. The molecule has 0 fully saturated rings. The Morgan fingerprint density at radius 1 is 1.24 bits per heavy atom. The van der Waals surface area contributed by atoms with Crippen LogP contribution in [-0.2, 0) is 12.0 Å². The average molecular weight is 338 g/mol. The molecule has 0 aliphatic carbocycles. The van der Waals surface area contributed by atoms with Crippen molar-refractivity contribution >= 4 is 11.7 Å². The summed E-state index contributed by atoms with van der Waals surface area (Å²) in [7, 11) is 0. The number of amides is 1. The summed E-state index contributed by atoms with van der Waals surface area (Å²) in [5.74, 6) is 0.885. The zero-order valence-corrected chi connectivity index (χ0v) is 14.9. The molecule has 1 N–H and O–H groups in total. The lowest BCUT2D eigenvalue weighted by atomic mass is 9.92. The molecule has 7 nitrogen and oxygen atoms in total. The van der Waals surface area contributed by atoms with Gasteiger partial charge in [-0.25, -0.2) is 9.67 Å². The van der Waals surface area contributed by atoms with Gasteiger partial charge in [-0.3, -0.25) is 9.48 Å². The molecule has 0 spiro atoms. The second-order valence-electron chi connectivity index (χ2n) is 6.77. The molecule has 1 amide bonds. The summed E-state index contributed by atoms with van der Waals surface area (Å²) in [5.41, 5.74) is 1.30. The van der Waals surface area contributed by atoms with E-state index in [4.69, 9.17) is 0 Å². The van der Waals surface area contributed by atoms with Gasteiger partial charge < -0.3 is 5.32 Å². The lowest BCUT2D eigenvalue weighted by Crippen LogP contribution is -2.18. The predicted octanol–water partition coefficient (Wildman–Crippen LogP) is 3.03. The Morgan fingerprint density at radius 2 is 2.04 bits per heavy atom. The molecule has 130 valence electrons. The SMILES string of the molecule is CCn1nc(C(C)(C)C)cc1C(=O)Nc1cccc(-n2cccn2)n1. The van der Waals surface area contributed by atoms with Crippen molar-refractivity contribution in [3.63, 3.8) is 0 Å². The van der Waals surface area contributed by atoms with Crippen LogP contribution in [0, 0.1) is 0 Å². The van der Waals surface area contributed by atoms with E-state index in [1.54, 1.807) is 27.8 Å². The van der Waals surface area contributed by atoms with E-state index in [2.05, 4.69) is 41.3 Å². The van der Waals surface area contributed by atoms with Gasteiger partial charge in [0.1, 0.15) is 11.5 Å². The van der Waals surface area contributed by atoms with Crippen LogP contribution in [0.3, 0.4) is 0 Å². The minimum absolute atomic E-state index is 0.117. The van der Waals surface area contributed by atoms with Gasteiger partial charge in [0, 0.05) is 24.4 Å². The summed E-state index contributed by atoms with van der Waals surface area (Å²) in [5, 5.41) is 11.5. The Morgan fingerprint density at radius 3 is 2.68 bits per heavy atom. The second-order valence-corrected chi connectivity index (χ2v) is 6.77. The molecule has 3 aromatic heterocycles. The molecule has 0 saturated carbocycles. The zero-order valence-electron chi connectivity index (χ0n) is 14.9. The third kappa shape index (κ3) is 3.60. The Hall–Kier alpha value is -2.96. The van der Waals surface area contributed by atoms with Crippen LogP contribution in [0.4, 0.5) is 5.82 Å². The number of anilines is 1. The number of nitrogens with zero attached hydrogens (tertiary/aromatic N) is 5. The number of carbonyl (C=O) groups excluding carboxylic acids is 1. The Balaban J connectivity index is 1.86. The third-order valence-corrected chi connectivity index (χ3v) is 3.80. The van der Waals surface area contributed by atoms with E-state index in [1.165, 1.54) is 0 Å². The summed E-state index contributed by atoms with van der Waals surface area (Å²) < 4.78 is 3.36. The molecule has 7 heteroatoms. The summed E-state index contributed by atoms with van der Waals surface area (Å²) >= 11 is 0. The van der Waals surface area contributed by atoms with Gasteiger partial charge in [-0.15, -0.1) is 0 Å². The van der Waals surface area contributed by atoms with Gasteiger partial charge in [0.2, 0.25) is 0 Å². The van der Waals surface area contributed by atoms with Crippen LogP contribution in [0.5, 0.6) is 0 Å². The first-order valence-corrected chi connectivity index (χ1v) is 8.25. The van der Waals surface area contributed by atoms with Gasteiger partial charge >= 0.3 is 0 Å². The van der Waals surface area contributed by atoms with E-state index in [0.717, 1.165) is 5.69 Å². The molecular formula is C18H22N6O. The Bertz CT molecular complexity index is 873. The number of aryl methyl sites for hydroxylation is 1. The fraction of sp³-hybridized carbons (Fsp3) is 0.333. The summed E-state index contributed by atoms with van der Waals surface area (Å²) in [6.45, 7) is 8.82. The van der Waals surface area contributed by atoms with Gasteiger partial charge in [-0.2, -0.15) is 10.2 Å².